The Morgan fingerprint density at radius 1 is 1.30 bits per heavy atom. The van der Waals surface area contributed by atoms with E-state index in [1.54, 1.807) is 51.1 Å². The van der Waals surface area contributed by atoms with Crippen molar-refractivity contribution in [2.75, 3.05) is 6.61 Å². The molecule has 7 nitrogen and oxygen atoms in total. The topological polar surface area (TPSA) is 105 Å². The van der Waals surface area contributed by atoms with Gasteiger partial charge < -0.3 is 15.2 Å². The lowest BCUT2D eigenvalue weighted by Gasteiger charge is -2.22. The van der Waals surface area contributed by atoms with Crippen LogP contribution < -0.4 is 5.73 Å². The molecule has 0 radical (unpaired) electrons. The van der Waals surface area contributed by atoms with Crippen LogP contribution in [0.2, 0.25) is 0 Å². The van der Waals surface area contributed by atoms with E-state index < -0.39 is 28.8 Å². The van der Waals surface area contributed by atoms with Gasteiger partial charge in [-0.15, -0.1) is 0 Å². The predicted molar refractivity (Wildman–Crippen MR) is 85.2 cm³/mol. The van der Waals surface area contributed by atoms with Gasteiger partial charge in [0.25, 0.3) is 0 Å². The molecule has 0 aliphatic rings. The second kappa shape index (κ2) is 8.59. The molecule has 1 rings (SSSR count). The van der Waals surface area contributed by atoms with Crippen molar-refractivity contribution in [3.05, 3.63) is 46.0 Å². The Morgan fingerprint density at radius 2 is 1.91 bits per heavy atom. The average Bonchev–Trinajstić information content (AvgIpc) is 2.45. The number of nitro groups is 1. The Bertz CT molecular complexity index is 513. The van der Waals surface area contributed by atoms with Crippen molar-refractivity contribution in [3.63, 3.8) is 0 Å². The van der Waals surface area contributed by atoms with Crippen LogP contribution >= 0.6 is 0 Å². The van der Waals surface area contributed by atoms with E-state index in [-0.39, 0.29) is 6.61 Å². The molecule has 23 heavy (non-hydrogen) atoms. The summed E-state index contributed by atoms with van der Waals surface area (Å²) in [5.41, 5.74) is 5.64. The molecule has 0 amide bonds. The minimum absolute atomic E-state index is 0.136. The minimum Gasteiger partial charge on any atom is -0.459 e. The van der Waals surface area contributed by atoms with Crippen molar-refractivity contribution in [1.82, 2.24) is 0 Å². The molecule has 0 saturated heterocycles. The average molecular weight is 324 g/mol. The lowest BCUT2D eigenvalue weighted by Crippen LogP contribution is -2.37. The van der Waals surface area contributed by atoms with Crippen molar-refractivity contribution in [1.29, 1.82) is 0 Å². The van der Waals surface area contributed by atoms with Crippen molar-refractivity contribution < 1.29 is 19.2 Å². The summed E-state index contributed by atoms with van der Waals surface area (Å²) < 4.78 is 10.5. The van der Waals surface area contributed by atoms with Crippen LogP contribution in [0.1, 0.15) is 45.4 Å². The Balaban J connectivity index is 2.40. The van der Waals surface area contributed by atoms with Gasteiger partial charge in [-0.2, -0.15) is 0 Å². The number of hydrogen-bond acceptors (Lipinski definition) is 6. The monoisotopic (exact) mass is 324 g/mol. The van der Waals surface area contributed by atoms with E-state index in [1.165, 1.54) is 0 Å². The van der Waals surface area contributed by atoms with E-state index in [0.717, 1.165) is 0 Å². The van der Waals surface area contributed by atoms with Gasteiger partial charge in [-0.1, -0.05) is 18.2 Å². The molecule has 2 atom stereocenters. The molecule has 0 saturated carbocycles. The van der Waals surface area contributed by atoms with E-state index in [9.17, 15) is 14.9 Å². The van der Waals surface area contributed by atoms with Gasteiger partial charge in [0.15, 0.2) is 0 Å². The number of hydrogen-bond donors (Lipinski definition) is 1. The second-order valence-corrected chi connectivity index (χ2v) is 6.20. The van der Waals surface area contributed by atoms with Gasteiger partial charge in [-0.05, 0) is 45.7 Å². The van der Waals surface area contributed by atoms with Crippen LogP contribution in [0.4, 0.5) is 0 Å². The smallest absolute Gasteiger partial charge is 0.342 e. The molecule has 2 N–H and O–H groups in total. The summed E-state index contributed by atoms with van der Waals surface area (Å²) in [4.78, 5) is 22.3. The highest BCUT2D eigenvalue weighted by molar-refractivity contribution is 5.75. The summed E-state index contributed by atoms with van der Waals surface area (Å²) >= 11 is 0. The molecule has 128 valence electrons. The number of ether oxygens (including phenoxy) is 2. The first-order chi connectivity index (χ1) is 10.7. The Labute approximate surface area is 135 Å². The molecule has 0 bridgehead atoms. The number of carbonyl (C=O) groups excluding carboxylic acids is 1. The number of nitrogens with zero attached hydrogens (tertiary/aromatic N) is 1. The third kappa shape index (κ3) is 7.21. The van der Waals surface area contributed by atoms with Gasteiger partial charge in [0.05, 0.1) is 17.1 Å². The third-order valence-corrected chi connectivity index (χ3v) is 2.92. The van der Waals surface area contributed by atoms with Gasteiger partial charge in [0, 0.05) is 0 Å². The highest BCUT2D eigenvalue weighted by Gasteiger charge is 2.24. The highest BCUT2D eigenvalue weighted by atomic mass is 16.7. The van der Waals surface area contributed by atoms with Crippen LogP contribution in [-0.2, 0) is 14.3 Å². The zero-order valence-electron chi connectivity index (χ0n) is 13.7. The van der Waals surface area contributed by atoms with Gasteiger partial charge in [-0.25, -0.2) is 0 Å². The quantitative estimate of drug-likeness (QED) is 0.259. The number of benzene rings is 1. The molecular weight excluding hydrogens is 300 g/mol. The van der Waals surface area contributed by atoms with Gasteiger partial charge >= 0.3 is 12.2 Å². The second-order valence-electron chi connectivity index (χ2n) is 6.20. The molecule has 7 heteroatoms. The molecule has 1 aromatic rings. The Kier molecular flexibility index (Phi) is 7.12. The van der Waals surface area contributed by atoms with Crippen molar-refractivity contribution >= 4 is 5.97 Å². The fraction of sp³-hybridized carbons (Fsp3) is 0.562. The van der Waals surface area contributed by atoms with Gasteiger partial charge in [-0.3, -0.25) is 14.9 Å². The number of rotatable bonds is 8. The van der Waals surface area contributed by atoms with Crippen LogP contribution in [0.5, 0.6) is 0 Å². The van der Waals surface area contributed by atoms with Gasteiger partial charge in [0.1, 0.15) is 11.6 Å². The van der Waals surface area contributed by atoms with E-state index in [0.29, 0.717) is 18.4 Å². The first-order valence-electron chi connectivity index (χ1n) is 7.49. The molecule has 0 spiro atoms. The summed E-state index contributed by atoms with van der Waals surface area (Å²) in [6.07, 6.45) is -0.444. The van der Waals surface area contributed by atoms with E-state index in [4.69, 9.17) is 15.2 Å². The summed E-state index contributed by atoms with van der Waals surface area (Å²) in [5.74, 6) is -0.480. The van der Waals surface area contributed by atoms with Crippen LogP contribution in [0.25, 0.3) is 0 Å². The molecule has 0 aromatic heterocycles. The summed E-state index contributed by atoms with van der Waals surface area (Å²) in [5, 5.41) is 11.1. The molecule has 0 aliphatic carbocycles. The minimum atomic E-state index is -1.21. The lowest BCUT2D eigenvalue weighted by molar-refractivity contribution is -0.584. The van der Waals surface area contributed by atoms with Crippen LogP contribution in [0.15, 0.2) is 30.3 Å². The zero-order valence-corrected chi connectivity index (χ0v) is 13.7. The highest BCUT2D eigenvalue weighted by Crippen LogP contribution is 2.18. The van der Waals surface area contributed by atoms with Crippen molar-refractivity contribution in [2.45, 2.75) is 51.5 Å². The van der Waals surface area contributed by atoms with Gasteiger partial charge in [0.2, 0.25) is 0 Å². The maximum absolute atomic E-state index is 11.7. The zero-order chi connectivity index (χ0) is 17.5. The normalized spacial score (nSPS) is 14.1. The first-order valence-corrected chi connectivity index (χ1v) is 7.49. The van der Waals surface area contributed by atoms with E-state index in [1.807, 2.05) is 0 Å². The van der Waals surface area contributed by atoms with Crippen LogP contribution in [0.3, 0.4) is 0 Å². The number of nitrogens with two attached hydrogens (primary N) is 1. The predicted octanol–water partition coefficient (Wildman–Crippen LogP) is 2.43. The molecule has 2 unspecified atom stereocenters. The largest absolute Gasteiger partial charge is 0.459 e. The molecule has 1 aromatic carbocycles. The Morgan fingerprint density at radius 3 is 2.43 bits per heavy atom. The molecule has 0 fully saturated rings. The fourth-order valence-electron chi connectivity index (χ4n) is 1.89. The van der Waals surface area contributed by atoms with Crippen LogP contribution in [-0.4, -0.2) is 29.1 Å². The molecular formula is C16H24N2O5. The molecule has 0 heterocycles. The van der Waals surface area contributed by atoms with Crippen LogP contribution in [0, 0.1) is 10.1 Å². The maximum Gasteiger partial charge on any atom is 0.342 e. The van der Waals surface area contributed by atoms with Crippen molar-refractivity contribution in [3.8, 4) is 0 Å². The summed E-state index contributed by atoms with van der Waals surface area (Å²) in [6.45, 7) is 5.43. The Hall–Kier alpha value is -1.99. The first kappa shape index (κ1) is 19.1. The summed E-state index contributed by atoms with van der Waals surface area (Å²) in [7, 11) is 0. The standard InChI is InChI=1S/C16H24N2O5/c1-16(2,3)23-15(19)13(17)10-7-11-22-14(18(20)21)12-8-5-4-6-9-12/h4-6,8-9,13-14H,7,10-11,17H2,1-3H3. The fourth-order valence-corrected chi connectivity index (χ4v) is 1.89. The van der Waals surface area contributed by atoms with E-state index >= 15 is 0 Å². The molecule has 0 aliphatic heterocycles. The number of esters is 1. The van der Waals surface area contributed by atoms with Crippen molar-refractivity contribution in [2.24, 2.45) is 5.73 Å². The lowest BCUT2D eigenvalue weighted by atomic mass is 10.1. The third-order valence-electron chi connectivity index (χ3n) is 2.92. The maximum atomic E-state index is 11.7. The van der Waals surface area contributed by atoms with E-state index in [2.05, 4.69) is 0 Å². The summed E-state index contributed by atoms with van der Waals surface area (Å²) in [6, 6.07) is 7.73. The SMILES string of the molecule is CC(C)(C)OC(=O)C(N)CCCOC(c1ccccc1)[N+](=O)[O-]. The number of carbonyl (C=O) groups is 1.